The van der Waals surface area contributed by atoms with Gasteiger partial charge in [-0.15, -0.1) is 0 Å². The van der Waals surface area contributed by atoms with Crippen molar-refractivity contribution in [3.05, 3.63) is 11.5 Å². The van der Waals surface area contributed by atoms with Crippen LogP contribution in [0.2, 0.25) is 5.15 Å². The van der Waals surface area contributed by atoms with Gasteiger partial charge in [-0.2, -0.15) is 9.97 Å². The smallest absolute Gasteiger partial charge is 0.223 e. The third kappa shape index (κ3) is 1.91. The molecule has 5 N–H and O–H groups in total. The molecule has 2 aromatic rings. The van der Waals surface area contributed by atoms with Crippen molar-refractivity contribution in [3.8, 4) is 0 Å². The highest BCUT2D eigenvalue weighted by molar-refractivity contribution is 6.33. The number of aliphatic hydroxyl groups is 3. The van der Waals surface area contributed by atoms with E-state index in [2.05, 4.69) is 15.0 Å². The molecule has 0 radical (unpaired) electrons. The normalized spacial score (nSPS) is 30.2. The fourth-order valence-corrected chi connectivity index (χ4v) is 2.41. The lowest BCUT2D eigenvalue weighted by atomic mass is 10.1. The first-order valence-corrected chi connectivity index (χ1v) is 6.18. The maximum Gasteiger partial charge on any atom is 0.223 e. The number of ether oxygens (including phenoxy) is 1. The van der Waals surface area contributed by atoms with E-state index in [1.165, 1.54) is 10.9 Å². The minimum absolute atomic E-state index is 0.0454. The van der Waals surface area contributed by atoms with Gasteiger partial charge in [0.15, 0.2) is 17.0 Å². The molecule has 3 rings (SSSR count). The number of aromatic nitrogens is 4. The van der Waals surface area contributed by atoms with E-state index in [0.29, 0.717) is 5.52 Å². The number of halogens is 1. The molecule has 3 heterocycles. The van der Waals surface area contributed by atoms with E-state index < -0.39 is 31.1 Å². The van der Waals surface area contributed by atoms with Crippen LogP contribution in [-0.4, -0.2) is 59.8 Å². The Balaban J connectivity index is 2.07. The van der Waals surface area contributed by atoms with Gasteiger partial charge in [0, 0.05) is 0 Å². The van der Waals surface area contributed by atoms with E-state index in [1.807, 2.05) is 0 Å². The topological polar surface area (TPSA) is 140 Å². The zero-order chi connectivity index (χ0) is 14.4. The first kappa shape index (κ1) is 13.5. The molecule has 0 bridgehead atoms. The van der Waals surface area contributed by atoms with Crippen molar-refractivity contribution in [3.63, 3.8) is 0 Å². The predicted molar refractivity (Wildman–Crippen MR) is 67.8 cm³/mol. The van der Waals surface area contributed by atoms with E-state index in [9.17, 15) is 10.2 Å². The van der Waals surface area contributed by atoms with E-state index in [1.54, 1.807) is 0 Å². The van der Waals surface area contributed by atoms with Crippen molar-refractivity contribution in [2.24, 2.45) is 0 Å². The monoisotopic (exact) mass is 301 g/mol. The maximum absolute atomic E-state index is 9.99. The molecule has 2 unspecified atom stereocenters. The molecule has 20 heavy (non-hydrogen) atoms. The first-order chi connectivity index (χ1) is 9.52. The molecule has 10 heteroatoms. The van der Waals surface area contributed by atoms with Crippen LogP contribution in [0.4, 0.5) is 5.95 Å². The second kappa shape index (κ2) is 4.79. The molecule has 0 spiro atoms. The zero-order valence-electron chi connectivity index (χ0n) is 10.1. The Bertz CT molecular complexity index is 650. The van der Waals surface area contributed by atoms with Crippen molar-refractivity contribution in [1.29, 1.82) is 0 Å². The highest BCUT2D eigenvalue weighted by atomic mass is 35.5. The van der Waals surface area contributed by atoms with Crippen molar-refractivity contribution < 1.29 is 20.1 Å². The van der Waals surface area contributed by atoms with Crippen molar-refractivity contribution >= 4 is 28.7 Å². The van der Waals surface area contributed by atoms with Crippen LogP contribution in [0.25, 0.3) is 11.2 Å². The SMILES string of the molecule is Nc1nc(Cl)c2ncn([C@@H]3O[C@H](CO)C(O)C3O)c2n1. The summed E-state index contributed by atoms with van der Waals surface area (Å²) in [5.74, 6) is -0.0454. The summed E-state index contributed by atoms with van der Waals surface area (Å²) in [5, 5.41) is 28.9. The van der Waals surface area contributed by atoms with Gasteiger partial charge in [-0.25, -0.2) is 4.98 Å². The van der Waals surface area contributed by atoms with Crippen LogP contribution in [0.15, 0.2) is 6.33 Å². The number of hydrogen-bond acceptors (Lipinski definition) is 8. The van der Waals surface area contributed by atoms with Crippen LogP contribution in [0.1, 0.15) is 6.23 Å². The van der Waals surface area contributed by atoms with Gasteiger partial charge in [0.05, 0.1) is 12.9 Å². The molecule has 108 valence electrons. The highest BCUT2D eigenvalue weighted by Crippen LogP contribution is 2.32. The van der Waals surface area contributed by atoms with Gasteiger partial charge in [0.25, 0.3) is 0 Å². The number of anilines is 1. The minimum Gasteiger partial charge on any atom is -0.394 e. The van der Waals surface area contributed by atoms with Crippen molar-refractivity contribution in [1.82, 2.24) is 19.5 Å². The second-order valence-corrected chi connectivity index (χ2v) is 4.78. The summed E-state index contributed by atoms with van der Waals surface area (Å²) < 4.78 is 6.79. The molecule has 0 amide bonds. The summed E-state index contributed by atoms with van der Waals surface area (Å²) in [6.45, 7) is -0.417. The fourth-order valence-electron chi connectivity index (χ4n) is 2.19. The molecule has 9 nitrogen and oxygen atoms in total. The summed E-state index contributed by atoms with van der Waals surface area (Å²) in [5.41, 5.74) is 6.11. The Hall–Kier alpha value is -1.52. The molecule has 0 aliphatic carbocycles. The van der Waals surface area contributed by atoms with Crippen molar-refractivity contribution in [2.45, 2.75) is 24.5 Å². The molecule has 0 saturated carbocycles. The number of fused-ring (bicyclic) bond motifs is 1. The summed E-state index contributed by atoms with van der Waals surface area (Å²) >= 11 is 5.90. The van der Waals surface area contributed by atoms with Crippen LogP contribution >= 0.6 is 11.6 Å². The summed E-state index contributed by atoms with van der Waals surface area (Å²) in [7, 11) is 0. The van der Waals surface area contributed by atoms with E-state index in [-0.39, 0.29) is 16.7 Å². The van der Waals surface area contributed by atoms with E-state index >= 15 is 0 Å². The lowest BCUT2D eigenvalue weighted by molar-refractivity contribution is -0.0511. The van der Waals surface area contributed by atoms with E-state index in [4.69, 9.17) is 27.2 Å². The van der Waals surface area contributed by atoms with Gasteiger partial charge in [-0.1, -0.05) is 11.6 Å². The average Bonchev–Trinajstić information content (AvgIpc) is 2.93. The summed E-state index contributed by atoms with van der Waals surface area (Å²) in [6.07, 6.45) is -2.93. The first-order valence-electron chi connectivity index (χ1n) is 5.81. The summed E-state index contributed by atoms with van der Waals surface area (Å²) in [6, 6.07) is 0. The average molecular weight is 302 g/mol. The van der Waals surface area contributed by atoms with Gasteiger partial charge in [0.1, 0.15) is 23.8 Å². The molecule has 2 aromatic heterocycles. The third-order valence-corrected chi connectivity index (χ3v) is 3.45. The van der Waals surface area contributed by atoms with Gasteiger partial charge >= 0.3 is 0 Å². The molecule has 0 aromatic carbocycles. The highest BCUT2D eigenvalue weighted by Gasteiger charge is 2.44. The van der Waals surface area contributed by atoms with Gasteiger partial charge in [-0.05, 0) is 0 Å². The van der Waals surface area contributed by atoms with Gasteiger partial charge < -0.3 is 25.8 Å². The lowest BCUT2D eigenvalue weighted by Gasteiger charge is -2.16. The Morgan fingerprint density at radius 1 is 1.35 bits per heavy atom. The minimum atomic E-state index is -1.24. The second-order valence-electron chi connectivity index (χ2n) is 4.43. The molecular weight excluding hydrogens is 290 g/mol. The fraction of sp³-hybridized carbons (Fsp3) is 0.500. The third-order valence-electron chi connectivity index (χ3n) is 3.19. The largest absolute Gasteiger partial charge is 0.394 e. The lowest BCUT2D eigenvalue weighted by Crippen LogP contribution is -2.33. The number of aliphatic hydroxyl groups excluding tert-OH is 3. The maximum atomic E-state index is 9.99. The zero-order valence-corrected chi connectivity index (χ0v) is 10.8. The Kier molecular flexibility index (Phi) is 3.22. The van der Waals surface area contributed by atoms with Crippen LogP contribution in [0.3, 0.4) is 0 Å². The number of nitrogens with two attached hydrogens (primary N) is 1. The molecule has 1 aliphatic heterocycles. The number of hydrogen-bond donors (Lipinski definition) is 4. The Morgan fingerprint density at radius 2 is 2.10 bits per heavy atom. The number of imidazole rings is 1. The van der Waals surface area contributed by atoms with Crippen LogP contribution in [0.5, 0.6) is 0 Å². The molecule has 1 aliphatic rings. The van der Waals surface area contributed by atoms with Crippen LogP contribution in [0, 0.1) is 0 Å². The Labute approximate surface area is 117 Å². The standard InChI is InChI=1S/C10H12ClN5O4/c11-7-4-8(15-10(12)14-7)16(2-13-4)9-6(19)5(18)3(1-17)20-9/h2-3,5-6,9,17-19H,1H2,(H2,12,14,15)/t3-,5?,6?,9-/m1/s1. The van der Waals surface area contributed by atoms with E-state index in [0.717, 1.165) is 0 Å². The molecule has 1 saturated heterocycles. The number of rotatable bonds is 2. The number of nitrogen functional groups attached to an aromatic ring is 1. The van der Waals surface area contributed by atoms with Gasteiger partial charge in [-0.3, -0.25) is 4.57 Å². The quantitative estimate of drug-likeness (QED) is 0.500. The summed E-state index contributed by atoms with van der Waals surface area (Å²) in [4.78, 5) is 11.8. The number of nitrogens with zero attached hydrogens (tertiary/aromatic N) is 4. The van der Waals surface area contributed by atoms with Crippen molar-refractivity contribution in [2.75, 3.05) is 12.3 Å². The molecule has 4 atom stereocenters. The molecule has 1 fully saturated rings. The van der Waals surface area contributed by atoms with Crippen LogP contribution in [-0.2, 0) is 4.74 Å². The van der Waals surface area contributed by atoms with Gasteiger partial charge in [0.2, 0.25) is 5.95 Å². The predicted octanol–water partition coefficient (Wildman–Crippen LogP) is -1.33. The molecular formula is C10H12ClN5O4. The van der Waals surface area contributed by atoms with Crippen LogP contribution < -0.4 is 5.73 Å². The Morgan fingerprint density at radius 3 is 2.75 bits per heavy atom.